The number of fused-ring (bicyclic) bond motifs is 12. The minimum atomic E-state index is -2.50. The first kappa shape index (κ1) is 82.3. The van der Waals surface area contributed by atoms with Gasteiger partial charge in [0.1, 0.15) is 5.58 Å². The molecule has 16 nitrogen and oxygen atoms in total. The average molecular weight is 2480 g/mol. The molecule has 4 radical (unpaired) electrons. The summed E-state index contributed by atoms with van der Waals surface area (Å²) in [6, 6.07) is 121. The van der Waals surface area contributed by atoms with Crippen molar-refractivity contribution in [1.29, 1.82) is 0 Å². The van der Waals surface area contributed by atoms with Crippen molar-refractivity contribution in [2.24, 2.45) is 0 Å². The molecule has 0 N–H and O–H groups in total. The SMILES string of the molecule is CCc1ccnc(-c2[c-]ccc3c2oc2ncccc23)c1.Cc1cccc(-c2[c-]cccc2)n1.[2H]C([2H])([2H])c1ccc(-c2[c-]ccc3c2oc2cccnc23)nc1.[2H]C([2H])([2H])c1ccc(-c2[c-]cccc2)nc1.[2H]C([2H])([2H])c1cnc(-c2[c-]cccc2)cc1C([2H])([2H])[2H].[Ir].[Ir].[Ir].[Ir].[c-]1ccc2c(oc3ncccc32)c1-c1ccccn1.[c-]1ccc2c(oc3ncccc32)c1-c1ccccn1.[c-]1ccccc1-c1ccccn1. The number of rotatable bonds is 9. The molecular weight excluding hydrogens is 2380 g/mol. The molecule has 16 heterocycles. The molecule has 0 unspecified atom stereocenters. The largest absolute Gasteiger partial charge is 0.499 e. The van der Waals surface area contributed by atoms with Crippen molar-refractivity contribution in [3.05, 3.63) is 460 Å². The van der Waals surface area contributed by atoms with Crippen LogP contribution >= 0.6 is 0 Å². The Bertz CT molecular complexity index is 8220. The molecule has 0 saturated heterocycles. The van der Waals surface area contributed by atoms with E-state index in [0.29, 0.717) is 50.8 Å². The van der Waals surface area contributed by atoms with Crippen molar-refractivity contribution in [3.8, 4) is 90.1 Å². The number of benzene rings is 8. The zero-order chi connectivity index (χ0) is 99.5. The first-order valence-electron chi connectivity index (χ1n) is 47.5. The molecule has 0 spiro atoms. The van der Waals surface area contributed by atoms with Gasteiger partial charge >= 0.3 is 0 Å². The Kier molecular flexibility index (Phi) is 29.3. The summed E-state index contributed by atoms with van der Waals surface area (Å²) in [7, 11) is 0. The first-order valence-corrected chi connectivity index (χ1v) is 41.5. The summed E-state index contributed by atoms with van der Waals surface area (Å²) in [5.74, 6) is 0. The number of hydrogen-bond donors (Lipinski definition) is 0. The molecule has 0 fully saturated rings. The van der Waals surface area contributed by atoms with Gasteiger partial charge in [-0.15, -0.1) is 216 Å². The van der Waals surface area contributed by atoms with Gasteiger partial charge in [0.15, 0.2) is 0 Å². The zero-order valence-electron chi connectivity index (χ0n) is 83.8. The van der Waals surface area contributed by atoms with Crippen molar-refractivity contribution in [2.75, 3.05) is 0 Å². The number of aromatic nitrogens is 12. The summed E-state index contributed by atoms with van der Waals surface area (Å²) in [6.45, 7) is -5.14. The quantitative estimate of drug-likeness (QED) is 0.123. The fourth-order valence-electron chi connectivity index (χ4n) is 14.0. The Hall–Kier alpha value is -14.6. The number of hydrogen-bond acceptors (Lipinski definition) is 16. The summed E-state index contributed by atoms with van der Waals surface area (Å²) in [5, 5.41) is 7.08. The van der Waals surface area contributed by atoms with Crippen LogP contribution in [0.15, 0.2) is 395 Å². The van der Waals surface area contributed by atoms with E-state index in [1.54, 1.807) is 104 Å². The second-order valence-corrected chi connectivity index (χ2v) is 29.0. The number of pyridine rings is 12. The second kappa shape index (κ2) is 48.1. The van der Waals surface area contributed by atoms with Gasteiger partial charge in [-0.25, -0.2) is 15.0 Å². The van der Waals surface area contributed by atoms with Gasteiger partial charge in [0.25, 0.3) is 0 Å². The molecule has 24 rings (SSSR count). The van der Waals surface area contributed by atoms with Crippen LogP contribution in [0.5, 0.6) is 0 Å². The average Bonchev–Trinajstić information content (AvgIpc) is 1.67. The monoisotopic (exact) mass is 2480 g/mol. The van der Waals surface area contributed by atoms with Crippen LogP contribution in [0, 0.1) is 82.9 Å². The minimum Gasteiger partial charge on any atom is -0.499 e. The smallest absolute Gasteiger partial charge is 0.216 e. The molecule has 0 bridgehead atoms. The molecule has 135 heavy (non-hydrogen) atoms. The second-order valence-electron chi connectivity index (χ2n) is 29.0. The van der Waals surface area contributed by atoms with Gasteiger partial charge in [-0.2, -0.15) is 0 Å². The van der Waals surface area contributed by atoms with Gasteiger partial charge in [0, 0.05) is 187 Å². The Morgan fingerprint density at radius 1 is 0.267 bits per heavy atom. The molecular formula is C115H82Ir4N12O4-8. The third kappa shape index (κ3) is 24.3. The van der Waals surface area contributed by atoms with Gasteiger partial charge in [0.05, 0.1) is 27.8 Å². The maximum Gasteiger partial charge on any atom is 0.216 e. The van der Waals surface area contributed by atoms with E-state index in [4.69, 9.17) is 34.1 Å². The Balaban J connectivity index is 0.000000141. The van der Waals surface area contributed by atoms with Gasteiger partial charge in [-0.3, -0.25) is 4.98 Å². The van der Waals surface area contributed by atoms with Crippen LogP contribution in [0.4, 0.5) is 0 Å². The van der Waals surface area contributed by atoms with E-state index in [1.807, 2.05) is 250 Å². The topological polar surface area (TPSA) is 207 Å². The van der Waals surface area contributed by atoms with Crippen molar-refractivity contribution < 1.29 is 115 Å². The van der Waals surface area contributed by atoms with Crippen molar-refractivity contribution in [2.45, 2.75) is 47.7 Å². The molecule has 16 aromatic heterocycles. The van der Waals surface area contributed by atoms with E-state index >= 15 is 0 Å². The first-order chi connectivity index (χ1) is 69.4. The number of nitrogens with zero attached hydrogens (tertiary/aromatic N) is 12. The van der Waals surface area contributed by atoms with Crippen LogP contribution in [0.25, 0.3) is 178 Å². The number of furan rings is 4. The fraction of sp³-hybridized carbons (Fsp3) is 0.0609. The maximum atomic E-state index is 7.50. The minimum absolute atomic E-state index is 0. The van der Waals surface area contributed by atoms with Gasteiger partial charge in [0.2, 0.25) is 17.1 Å². The van der Waals surface area contributed by atoms with E-state index in [2.05, 4.69) is 121 Å². The summed E-state index contributed by atoms with van der Waals surface area (Å²) in [4.78, 5) is 51.4. The molecule has 0 aliphatic heterocycles. The summed E-state index contributed by atoms with van der Waals surface area (Å²) < 4.78 is 112. The zero-order valence-corrected chi connectivity index (χ0v) is 81.4. The van der Waals surface area contributed by atoms with E-state index in [1.165, 1.54) is 24.0 Å². The molecule has 20 heteroatoms. The summed E-state index contributed by atoms with van der Waals surface area (Å²) >= 11 is 0. The van der Waals surface area contributed by atoms with Crippen LogP contribution in [0.1, 0.15) is 56.9 Å². The predicted molar refractivity (Wildman–Crippen MR) is 521 cm³/mol. The van der Waals surface area contributed by atoms with Crippen LogP contribution in [0.2, 0.25) is 0 Å². The molecule has 24 aromatic rings. The third-order valence-corrected chi connectivity index (χ3v) is 20.3. The van der Waals surface area contributed by atoms with Crippen molar-refractivity contribution in [1.82, 2.24) is 59.8 Å². The maximum absolute atomic E-state index is 7.50. The molecule has 0 aliphatic carbocycles. The predicted octanol–water partition coefficient (Wildman–Crippen LogP) is 27.7. The van der Waals surface area contributed by atoms with Gasteiger partial charge < -0.3 is 57.5 Å². The molecule has 670 valence electrons. The van der Waals surface area contributed by atoms with Crippen LogP contribution in [0.3, 0.4) is 0 Å². The fourth-order valence-corrected chi connectivity index (χ4v) is 14.0. The Morgan fingerprint density at radius 2 is 0.659 bits per heavy atom. The van der Waals surface area contributed by atoms with Gasteiger partial charge in [-0.05, 0) is 187 Å². The molecule has 8 aromatic carbocycles. The van der Waals surface area contributed by atoms with E-state index in [-0.39, 0.29) is 103 Å². The Morgan fingerprint density at radius 3 is 1.10 bits per heavy atom. The van der Waals surface area contributed by atoms with Crippen LogP contribution in [-0.4, -0.2) is 59.8 Å². The summed E-state index contributed by atoms with van der Waals surface area (Å²) in [5.41, 5.74) is 22.0. The van der Waals surface area contributed by atoms with Crippen molar-refractivity contribution in [3.63, 3.8) is 0 Å². The van der Waals surface area contributed by atoms with Gasteiger partial charge in [-0.1, -0.05) is 141 Å². The molecule has 0 aliphatic rings. The molecule has 0 amide bonds. The van der Waals surface area contributed by atoms with Crippen molar-refractivity contribution >= 4 is 88.3 Å². The van der Waals surface area contributed by atoms with E-state index in [0.717, 1.165) is 146 Å². The summed E-state index contributed by atoms with van der Waals surface area (Å²) in [6.07, 6.45) is 18.9. The van der Waals surface area contributed by atoms with E-state index in [9.17, 15) is 0 Å². The normalized spacial score (nSPS) is 12.1. The standard InChI is InChI=1S/C18H13N2O.C17H11N2O.2C16H9N2O.C13H12N.2C12H10N.C11H8N.4Ir/c1-2-12-8-10-19-16(11-12)15-6-3-5-13-14-7-4-9-20-18(14)21-17(13)15;1-11-7-8-14(19-10-11)12-4-2-5-13-16-15(20-17(12)13)6-3-9-18-16;2*1-2-9-17-14(8-1)13-6-3-5-11-12-7-4-10-18-16(12)19-15(11)13;1-10-8-13(14-9-11(10)2)12-6-4-3-5-7-12;1-10-6-5-9-12(13-10)11-7-3-2-4-8-11;1-10-7-8-12(13-9-10)11-5-3-2-4-6-11;1-2-6-10(7-3-1)11-8-4-5-9-12-11;;;;/h3-5,7-11H,2H2,1H3;2-3,5-10H,1H3;2*1-5,7-10H;3-6,8-9H,1-2H3;2-7,9H,1H3;2-5,7-9H,1H3;1-6,8-9H;;;;/q8*-1;;;;/i;1D3;;;1D3,2D3;;1D3;;;;;. The molecule has 0 saturated carbocycles. The molecule has 0 atom stereocenters. The number of aryl methyl sites for hydroxylation is 6. The third-order valence-electron chi connectivity index (χ3n) is 20.3. The van der Waals surface area contributed by atoms with Crippen LogP contribution < -0.4 is 0 Å². The Labute approximate surface area is 853 Å². The van der Waals surface area contributed by atoms with E-state index < -0.39 is 27.4 Å². The van der Waals surface area contributed by atoms with Crippen LogP contribution in [-0.2, 0) is 86.8 Å².